The van der Waals surface area contributed by atoms with Crippen LogP contribution in [0.1, 0.15) is 23.6 Å². The zero-order chi connectivity index (χ0) is 27.6. The number of benzene rings is 2. The summed E-state index contributed by atoms with van der Waals surface area (Å²) in [7, 11) is 0.132. The minimum absolute atomic E-state index is 0.260. The van der Waals surface area contributed by atoms with Gasteiger partial charge in [-0.05, 0) is 60.1 Å². The second-order valence-corrected chi connectivity index (χ2v) is 10.9. The van der Waals surface area contributed by atoms with Crippen molar-refractivity contribution in [3.05, 3.63) is 80.0 Å². The summed E-state index contributed by atoms with van der Waals surface area (Å²) in [4.78, 5) is 23.9. The monoisotopic (exact) mass is 558 g/mol. The zero-order valence-electron chi connectivity index (χ0n) is 21.1. The van der Waals surface area contributed by atoms with Crippen molar-refractivity contribution in [2.75, 3.05) is 27.6 Å². The number of rotatable bonds is 8. The lowest BCUT2D eigenvalue weighted by molar-refractivity contribution is -0.387. The van der Waals surface area contributed by atoms with Crippen molar-refractivity contribution in [2.45, 2.75) is 28.7 Å². The Morgan fingerprint density at radius 2 is 1.74 bits per heavy atom. The van der Waals surface area contributed by atoms with Crippen LogP contribution < -0.4 is 24.4 Å². The number of nitrogens with zero attached hydrogens (tertiary/aromatic N) is 1. The van der Waals surface area contributed by atoms with E-state index in [2.05, 4.69) is 4.72 Å². The Balaban J connectivity index is 1.98. The van der Waals surface area contributed by atoms with E-state index in [4.69, 9.17) is 14.2 Å². The van der Waals surface area contributed by atoms with Gasteiger partial charge in [-0.2, -0.15) is 0 Å². The standard InChI is InChI=1S/C26H26N2O8S2/c1-34-21-13-15-9-11-18(27-38(32,33)23-8-6-5-7-19(23)28(30)31)17-14-20(29)22(37-4)12-10-16(17)24(15)26(36-3)25(21)35-2/h5-8,10,12-14,18,27H,9,11H2,1-4H3/t18-/m0/s1. The highest BCUT2D eigenvalue weighted by atomic mass is 32.2. The van der Waals surface area contributed by atoms with Gasteiger partial charge in [0.1, 0.15) is 0 Å². The molecule has 0 aliphatic heterocycles. The molecule has 0 radical (unpaired) electrons. The number of hydrogen-bond donors (Lipinski definition) is 1. The van der Waals surface area contributed by atoms with Crippen LogP contribution in [0, 0.1) is 10.1 Å². The zero-order valence-corrected chi connectivity index (χ0v) is 22.8. The molecule has 0 aromatic heterocycles. The summed E-state index contributed by atoms with van der Waals surface area (Å²) in [5.74, 6) is 1.19. The lowest BCUT2D eigenvalue weighted by Gasteiger charge is -2.20. The van der Waals surface area contributed by atoms with Gasteiger partial charge in [-0.3, -0.25) is 14.9 Å². The van der Waals surface area contributed by atoms with Gasteiger partial charge in [-0.25, -0.2) is 13.1 Å². The fourth-order valence-electron chi connectivity index (χ4n) is 4.68. The van der Waals surface area contributed by atoms with Crippen molar-refractivity contribution < 1.29 is 27.6 Å². The third-order valence-corrected chi connectivity index (χ3v) is 8.67. The van der Waals surface area contributed by atoms with E-state index < -0.39 is 31.6 Å². The van der Waals surface area contributed by atoms with E-state index >= 15 is 0 Å². The van der Waals surface area contributed by atoms with Crippen molar-refractivity contribution in [3.8, 4) is 28.4 Å². The molecule has 1 atom stereocenters. The highest BCUT2D eigenvalue weighted by molar-refractivity contribution is 7.98. The second-order valence-electron chi connectivity index (χ2n) is 8.40. The number of thioether (sulfide) groups is 1. The van der Waals surface area contributed by atoms with Gasteiger partial charge in [-0.1, -0.05) is 18.2 Å². The molecule has 0 amide bonds. The van der Waals surface area contributed by atoms with Crippen LogP contribution in [0.5, 0.6) is 17.2 Å². The van der Waals surface area contributed by atoms with Gasteiger partial charge in [-0.15, -0.1) is 11.8 Å². The van der Waals surface area contributed by atoms with Crippen LogP contribution in [0.2, 0.25) is 0 Å². The first kappa shape index (κ1) is 27.4. The summed E-state index contributed by atoms with van der Waals surface area (Å²) in [6.45, 7) is 0. The molecule has 1 N–H and O–H groups in total. The Morgan fingerprint density at radius 3 is 2.37 bits per heavy atom. The van der Waals surface area contributed by atoms with Crippen LogP contribution >= 0.6 is 11.8 Å². The van der Waals surface area contributed by atoms with Gasteiger partial charge in [0.15, 0.2) is 21.8 Å². The minimum Gasteiger partial charge on any atom is -0.493 e. The Hall–Kier alpha value is -3.61. The summed E-state index contributed by atoms with van der Waals surface area (Å²) in [6.07, 6.45) is 2.42. The molecule has 3 aromatic rings. The minimum atomic E-state index is -4.35. The lowest BCUT2D eigenvalue weighted by atomic mass is 9.95. The summed E-state index contributed by atoms with van der Waals surface area (Å²) >= 11 is 1.27. The summed E-state index contributed by atoms with van der Waals surface area (Å²) < 4.78 is 46.4. The number of methoxy groups -OCH3 is 3. The van der Waals surface area contributed by atoms with E-state index in [1.54, 1.807) is 24.5 Å². The first-order valence-electron chi connectivity index (χ1n) is 11.5. The Kier molecular flexibility index (Phi) is 7.95. The molecule has 38 heavy (non-hydrogen) atoms. The van der Waals surface area contributed by atoms with Crippen LogP contribution in [0.25, 0.3) is 11.1 Å². The van der Waals surface area contributed by atoms with Gasteiger partial charge in [0.25, 0.3) is 5.69 Å². The quantitative estimate of drug-likeness (QED) is 0.243. The van der Waals surface area contributed by atoms with Crippen LogP contribution in [-0.2, 0) is 16.4 Å². The third kappa shape index (κ3) is 4.94. The molecule has 0 heterocycles. The number of nitro benzene ring substituents is 1. The number of sulfonamides is 1. The summed E-state index contributed by atoms with van der Waals surface area (Å²) in [6, 6.07) is 10.9. The van der Waals surface area contributed by atoms with E-state index in [0.717, 1.165) is 11.6 Å². The van der Waals surface area contributed by atoms with Crippen molar-refractivity contribution in [1.29, 1.82) is 0 Å². The fourth-order valence-corrected chi connectivity index (χ4v) is 6.56. The van der Waals surface area contributed by atoms with E-state index in [1.807, 2.05) is 0 Å². The van der Waals surface area contributed by atoms with E-state index in [9.17, 15) is 23.3 Å². The van der Waals surface area contributed by atoms with Crippen molar-refractivity contribution >= 4 is 27.5 Å². The molecule has 4 rings (SSSR count). The van der Waals surface area contributed by atoms with Gasteiger partial charge in [0.05, 0.1) is 31.1 Å². The lowest BCUT2D eigenvalue weighted by Crippen LogP contribution is -2.29. The number of aryl methyl sites for hydroxylation is 1. The molecular weight excluding hydrogens is 532 g/mol. The Bertz CT molecular complexity index is 1570. The first-order chi connectivity index (χ1) is 18.2. The van der Waals surface area contributed by atoms with Crippen LogP contribution in [0.15, 0.2) is 63.1 Å². The second kappa shape index (κ2) is 11.0. The topological polar surface area (TPSA) is 134 Å². The maximum absolute atomic E-state index is 13.5. The smallest absolute Gasteiger partial charge is 0.289 e. The molecule has 200 valence electrons. The molecule has 0 saturated heterocycles. The number of hydrogen-bond acceptors (Lipinski definition) is 9. The van der Waals surface area contributed by atoms with Crippen molar-refractivity contribution in [3.63, 3.8) is 0 Å². The van der Waals surface area contributed by atoms with Gasteiger partial charge in [0.2, 0.25) is 15.8 Å². The molecule has 1 aliphatic rings. The highest BCUT2D eigenvalue weighted by Gasteiger charge is 2.33. The maximum Gasteiger partial charge on any atom is 0.289 e. The molecule has 3 aromatic carbocycles. The van der Waals surface area contributed by atoms with Gasteiger partial charge in [0, 0.05) is 17.7 Å². The Labute approximate surface area is 224 Å². The van der Waals surface area contributed by atoms with Crippen molar-refractivity contribution in [1.82, 2.24) is 4.72 Å². The Morgan fingerprint density at radius 1 is 1.03 bits per heavy atom. The van der Waals surface area contributed by atoms with E-state index in [0.29, 0.717) is 45.3 Å². The number of nitro groups is 1. The van der Waals surface area contributed by atoms with Crippen LogP contribution in [0.3, 0.4) is 0 Å². The molecule has 12 heteroatoms. The van der Waals surface area contributed by atoms with Gasteiger partial charge < -0.3 is 14.2 Å². The van der Waals surface area contributed by atoms with Crippen molar-refractivity contribution in [2.24, 2.45) is 0 Å². The summed E-state index contributed by atoms with van der Waals surface area (Å²) in [5, 5.41) is 11.5. The third-order valence-electron chi connectivity index (χ3n) is 6.37. The SMILES string of the molecule is COc1cc2c(c(OC)c1OC)-c1ccc(SC)c(=O)cc1[C@@H](NS(=O)(=O)c1ccccc1[N+](=O)[O-])CC2. The number of ether oxygens (including phenoxy) is 3. The largest absolute Gasteiger partial charge is 0.493 e. The molecular formula is C26H26N2O8S2. The number of para-hydroxylation sites is 1. The number of nitrogens with one attached hydrogen (secondary N) is 1. The molecule has 1 aliphatic carbocycles. The predicted molar refractivity (Wildman–Crippen MR) is 144 cm³/mol. The molecule has 0 unspecified atom stereocenters. The highest BCUT2D eigenvalue weighted by Crippen LogP contribution is 2.50. The van der Waals surface area contributed by atoms with Crippen LogP contribution in [0.4, 0.5) is 5.69 Å². The summed E-state index contributed by atoms with van der Waals surface area (Å²) in [5.41, 5.74) is 1.62. The average Bonchev–Trinajstić information content (AvgIpc) is 3.15. The van der Waals surface area contributed by atoms with E-state index in [1.165, 1.54) is 57.4 Å². The average molecular weight is 559 g/mol. The normalized spacial score (nSPS) is 14.6. The molecule has 0 spiro atoms. The number of fused-ring (bicyclic) bond motifs is 3. The van der Waals surface area contributed by atoms with Gasteiger partial charge >= 0.3 is 0 Å². The molecule has 0 fully saturated rings. The predicted octanol–water partition coefficient (Wildman–Crippen LogP) is 4.34. The molecule has 0 bridgehead atoms. The fraction of sp³-hybridized carbons (Fsp3) is 0.269. The molecule has 0 saturated carbocycles. The van der Waals surface area contributed by atoms with Crippen LogP contribution in [-0.4, -0.2) is 40.9 Å². The first-order valence-corrected chi connectivity index (χ1v) is 14.2. The maximum atomic E-state index is 13.5. The van der Waals surface area contributed by atoms with E-state index in [-0.39, 0.29) is 11.8 Å². The molecule has 10 nitrogen and oxygen atoms in total.